The zero-order valence-corrected chi connectivity index (χ0v) is 17.4. The predicted octanol–water partition coefficient (Wildman–Crippen LogP) is 3.38. The van der Waals surface area contributed by atoms with Crippen molar-refractivity contribution < 1.29 is 4.79 Å². The Morgan fingerprint density at radius 1 is 1.14 bits per heavy atom. The van der Waals surface area contributed by atoms with Gasteiger partial charge in [0.2, 0.25) is 5.91 Å². The van der Waals surface area contributed by atoms with Gasteiger partial charge in [-0.2, -0.15) is 0 Å². The summed E-state index contributed by atoms with van der Waals surface area (Å²) in [5.41, 5.74) is 3.46. The normalized spacial score (nSPS) is 17.6. The lowest BCUT2D eigenvalue weighted by atomic mass is 9.96. The van der Waals surface area contributed by atoms with E-state index in [1.807, 2.05) is 36.4 Å². The molecule has 1 aromatic heterocycles. The number of rotatable bonds is 4. The lowest BCUT2D eigenvalue weighted by Crippen LogP contribution is -2.40. The average molecular weight is 413 g/mol. The number of amides is 1. The van der Waals surface area contributed by atoms with Gasteiger partial charge in [-0.3, -0.25) is 18.8 Å². The molecule has 2 aromatic carbocycles. The van der Waals surface area contributed by atoms with E-state index in [-0.39, 0.29) is 17.5 Å². The zero-order valence-electron chi connectivity index (χ0n) is 16.7. The summed E-state index contributed by atoms with van der Waals surface area (Å²) >= 11 is 6.09. The third-order valence-corrected chi connectivity index (χ3v) is 5.95. The fourth-order valence-corrected chi connectivity index (χ4v) is 4.35. The van der Waals surface area contributed by atoms with Crippen LogP contribution in [-0.4, -0.2) is 33.0 Å². The second-order valence-electron chi connectivity index (χ2n) is 7.80. The minimum atomic E-state index is -0.0765. The molecule has 6 nitrogen and oxygen atoms in total. The topological polar surface area (TPSA) is 59.3 Å². The van der Waals surface area contributed by atoms with Gasteiger partial charge in [0.1, 0.15) is 0 Å². The molecule has 1 unspecified atom stereocenters. The minimum Gasteiger partial charge on any atom is -0.326 e. The van der Waals surface area contributed by atoms with Crippen LogP contribution in [0.4, 0.5) is 5.69 Å². The molecule has 152 valence electrons. The van der Waals surface area contributed by atoms with E-state index in [9.17, 15) is 9.59 Å². The van der Waals surface area contributed by atoms with E-state index in [1.54, 1.807) is 23.2 Å². The maximum absolute atomic E-state index is 12.9. The second-order valence-corrected chi connectivity index (χ2v) is 8.23. The van der Waals surface area contributed by atoms with Crippen molar-refractivity contribution in [2.45, 2.75) is 19.4 Å². The molecule has 1 atom stereocenters. The SMILES string of the molecule is Cn1c(=O)n(C)c2cc(NC(=O)C3CCCN(Cc4cccc(Cl)c4)C3)ccc21. The molecule has 0 aliphatic carbocycles. The maximum atomic E-state index is 12.9. The highest BCUT2D eigenvalue weighted by Crippen LogP contribution is 2.23. The van der Waals surface area contributed by atoms with E-state index >= 15 is 0 Å². The van der Waals surface area contributed by atoms with Crippen LogP contribution >= 0.6 is 11.6 Å². The summed E-state index contributed by atoms with van der Waals surface area (Å²) < 4.78 is 3.20. The number of nitrogens with zero attached hydrogens (tertiary/aromatic N) is 3. The van der Waals surface area contributed by atoms with Gasteiger partial charge < -0.3 is 5.32 Å². The maximum Gasteiger partial charge on any atom is 0.328 e. The molecule has 7 heteroatoms. The zero-order chi connectivity index (χ0) is 20.5. The molecule has 1 saturated heterocycles. The Kier molecular flexibility index (Phi) is 5.48. The number of anilines is 1. The number of halogens is 1. The van der Waals surface area contributed by atoms with Crippen LogP contribution in [0.5, 0.6) is 0 Å². The van der Waals surface area contributed by atoms with Gasteiger partial charge in [-0.05, 0) is 55.3 Å². The molecule has 4 rings (SSSR count). The van der Waals surface area contributed by atoms with Gasteiger partial charge in [0.15, 0.2) is 0 Å². The molecule has 1 aliphatic heterocycles. The summed E-state index contributed by atoms with van der Waals surface area (Å²) in [4.78, 5) is 27.3. The second kappa shape index (κ2) is 8.05. The van der Waals surface area contributed by atoms with E-state index in [4.69, 9.17) is 11.6 Å². The Morgan fingerprint density at radius 3 is 2.72 bits per heavy atom. The Morgan fingerprint density at radius 2 is 1.93 bits per heavy atom. The van der Waals surface area contributed by atoms with Gasteiger partial charge >= 0.3 is 5.69 Å². The van der Waals surface area contributed by atoms with Gasteiger partial charge in [0.25, 0.3) is 0 Å². The van der Waals surface area contributed by atoms with Crippen LogP contribution in [0.3, 0.4) is 0 Å². The summed E-state index contributed by atoms with van der Waals surface area (Å²) in [5, 5.41) is 3.78. The van der Waals surface area contributed by atoms with E-state index in [2.05, 4.69) is 16.3 Å². The van der Waals surface area contributed by atoms with Crippen LogP contribution in [0, 0.1) is 5.92 Å². The Balaban J connectivity index is 1.44. The van der Waals surface area contributed by atoms with E-state index in [0.29, 0.717) is 0 Å². The molecule has 0 spiro atoms. The first-order valence-electron chi connectivity index (χ1n) is 9.85. The third kappa shape index (κ3) is 4.09. The van der Waals surface area contributed by atoms with Gasteiger partial charge in [-0.1, -0.05) is 23.7 Å². The monoisotopic (exact) mass is 412 g/mol. The number of aromatic nitrogens is 2. The van der Waals surface area contributed by atoms with Gasteiger partial charge in [-0.15, -0.1) is 0 Å². The quantitative estimate of drug-likeness (QED) is 0.714. The smallest absolute Gasteiger partial charge is 0.326 e. The summed E-state index contributed by atoms with van der Waals surface area (Å²) in [6.45, 7) is 2.50. The van der Waals surface area contributed by atoms with Crippen molar-refractivity contribution in [3.63, 3.8) is 0 Å². The van der Waals surface area contributed by atoms with E-state index in [1.165, 1.54) is 0 Å². The van der Waals surface area contributed by atoms with Crippen LogP contribution in [0.25, 0.3) is 11.0 Å². The number of imidazole rings is 1. The molecule has 0 bridgehead atoms. The van der Waals surface area contributed by atoms with Crippen LogP contribution in [0.2, 0.25) is 5.02 Å². The van der Waals surface area contributed by atoms with Gasteiger partial charge in [-0.25, -0.2) is 4.79 Å². The fraction of sp³-hybridized carbons (Fsp3) is 0.364. The largest absolute Gasteiger partial charge is 0.328 e. The minimum absolute atomic E-state index is 0.0288. The fourth-order valence-electron chi connectivity index (χ4n) is 4.14. The average Bonchev–Trinajstić information content (AvgIpc) is 2.92. The number of likely N-dealkylation sites (tertiary alicyclic amines) is 1. The molecular formula is C22H25ClN4O2. The van der Waals surface area contributed by atoms with Crippen LogP contribution in [0.15, 0.2) is 47.3 Å². The van der Waals surface area contributed by atoms with Crippen molar-refractivity contribution in [1.82, 2.24) is 14.0 Å². The Labute approximate surface area is 174 Å². The highest BCUT2D eigenvalue weighted by molar-refractivity contribution is 6.30. The summed E-state index contributed by atoms with van der Waals surface area (Å²) in [5.74, 6) is -0.0284. The number of piperidine rings is 1. The van der Waals surface area contributed by atoms with Crippen molar-refractivity contribution in [2.75, 3.05) is 18.4 Å². The lowest BCUT2D eigenvalue weighted by molar-refractivity contribution is -0.121. The molecule has 29 heavy (non-hydrogen) atoms. The highest BCUT2D eigenvalue weighted by atomic mass is 35.5. The number of hydrogen-bond acceptors (Lipinski definition) is 3. The number of hydrogen-bond donors (Lipinski definition) is 1. The summed E-state index contributed by atoms with van der Waals surface area (Å²) in [6, 6.07) is 13.5. The number of fused-ring (bicyclic) bond motifs is 1. The molecule has 1 fully saturated rings. The highest BCUT2D eigenvalue weighted by Gasteiger charge is 2.26. The number of aryl methyl sites for hydroxylation is 2. The molecule has 0 radical (unpaired) electrons. The third-order valence-electron chi connectivity index (χ3n) is 5.71. The number of carbonyl (C=O) groups excluding carboxylic acids is 1. The molecule has 1 aliphatic rings. The van der Waals surface area contributed by atoms with Crippen LogP contribution < -0.4 is 11.0 Å². The number of benzene rings is 2. The molecule has 0 saturated carbocycles. The first-order chi connectivity index (χ1) is 13.9. The molecule has 1 N–H and O–H groups in total. The van der Waals surface area contributed by atoms with Gasteiger partial charge in [0.05, 0.1) is 17.0 Å². The van der Waals surface area contributed by atoms with Crippen molar-refractivity contribution in [2.24, 2.45) is 20.0 Å². The predicted molar refractivity (Wildman–Crippen MR) is 116 cm³/mol. The summed E-state index contributed by atoms with van der Waals surface area (Å²) in [7, 11) is 3.49. The van der Waals surface area contributed by atoms with Crippen molar-refractivity contribution in [3.8, 4) is 0 Å². The van der Waals surface area contributed by atoms with Gasteiger partial charge in [0, 0.05) is 37.9 Å². The van der Waals surface area contributed by atoms with Crippen molar-refractivity contribution >= 4 is 34.2 Å². The molecular weight excluding hydrogens is 388 g/mol. The van der Waals surface area contributed by atoms with Crippen molar-refractivity contribution in [3.05, 3.63) is 63.5 Å². The van der Waals surface area contributed by atoms with Crippen LogP contribution in [0.1, 0.15) is 18.4 Å². The standard InChI is InChI=1S/C22H25ClN4O2/c1-25-19-9-8-18(12-20(19)26(2)22(25)29)24-21(28)16-6-4-10-27(14-16)13-15-5-3-7-17(23)11-15/h3,5,7-9,11-12,16H,4,6,10,13-14H2,1-2H3,(H,24,28). The summed E-state index contributed by atoms with van der Waals surface area (Å²) in [6.07, 6.45) is 1.87. The Bertz CT molecular complexity index is 1120. The molecule has 1 amide bonds. The van der Waals surface area contributed by atoms with Crippen LogP contribution in [-0.2, 0) is 25.4 Å². The molecule has 2 heterocycles. The number of nitrogens with one attached hydrogen (secondary N) is 1. The molecule has 3 aromatic rings. The Hall–Kier alpha value is -2.57. The van der Waals surface area contributed by atoms with E-state index < -0.39 is 0 Å². The van der Waals surface area contributed by atoms with Crippen molar-refractivity contribution in [1.29, 1.82) is 0 Å². The lowest BCUT2D eigenvalue weighted by Gasteiger charge is -2.32. The van der Waals surface area contributed by atoms with E-state index in [0.717, 1.165) is 59.8 Å². The number of carbonyl (C=O) groups is 1. The first-order valence-corrected chi connectivity index (χ1v) is 10.2. The first kappa shape index (κ1) is 19.7.